The van der Waals surface area contributed by atoms with Gasteiger partial charge in [-0.25, -0.2) is 8.78 Å². The van der Waals surface area contributed by atoms with Crippen molar-refractivity contribution in [3.63, 3.8) is 0 Å². The summed E-state index contributed by atoms with van der Waals surface area (Å²) in [5, 5.41) is 0. The van der Waals surface area contributed by atoms with Crippen LogP contribution in [-0.2, 0) is 13.3 Å². The van der Waals surface area contributed by atoms with Crippen LogP contribution in [0.4, 0.5) is 8.78 Å². The Balaban J connectivity index is 2.50. The fraction of sp³-hybridized carbons (Fsp3) is 0.111. The third kappa shape index (κ3) is 3.10. The third-order valence-electron chi connectivity index (χ3n) is 3.02. The number of benzene rings is 2. The van der Waals surface area contributed by atoms with Crippen molar-refractivity contribution >= 4 is 11.8 Å². The molecule has 0 aliphatic rings. The van der Waals surface area contributed by atoms with Crippen molar-refractivity contribution in [3.8, 4) is 24.7 Å². The Morgan fingerprint density at radius 2 is 1.24 bits per heavy atom. The fourth-order valence-corrected chi connectivity index (χ4v) is 3.11. The Kier molecular flexibility index (Phi) is 5.04. The highest BCUT2D eigenvalue weighted by atomic mass is 32.2. The molecule has 0 radical (unpaired) electrons. The van der Waals surface area contributed by atoms with Crippen molar-refractivity contribution in [3.05, 3.63) is 58.7 Å². The van der Waals surface area contributed by atoms with E-state index in [-0.39, 0.29) is 0 Å². The van der Waals surface area contributed by atoms with E-state index >= 15 is 0 Å². The van der Waals surface area contributed by atoms with Gasteiger partial charge >= 0.3 is 0 Å². The van der Waals surface area contributed by atoms with E-state index in [0.29, 0.717) is 22.3 Å². The van der Waals surface area contributed by atoms with Gasteiger partial charge in [0, 0.05) is 20.9 Å². The zero-order chi connectivity index (χ0) is 15.2. The molecule has 0 spiro atoms. The maximum atomic E-state index is 13.0. The largest absolute Gasteiger partial charge is 0.246 e. The van der Waals surface area contributed by atoms with Gasteiger partial charge in [0.1, 0.15) is 13.3 Å². The molecule has 0 saturated carbocycles. The molecule has 0 aliphatic heterocycles. The highest BCUT2D eigenvalue weighted by Crippen LogP contribution is 2.35. The lowest BCUT2D eigenvalue weighted by Gasteiger charge is -2.11. The number of terminal acetylenes is 2. The molecule has 3 heteroatoms. The van der Waals surface area contributed by atoms with E-state index in [0.717, 1.165) is 9.79 Å². The van der Waals surface area contributed by atoms with Gasteiger partial charge in [0.15, 0.2) is 0 Å². The van der Waals surface area contributed by atoms with Crippen LogP contribution in [0, 0.1) is 24.7 Å². The lowest BCUT2D eigenvalue weighted by molar-refractivity contribution is 0.484. The number of alkyl halides is 2. The smallest absolute Gasteiger partial charge is 0.116 e. The molecule has 0 aliphatic carbocycles. The normalized spacial score (nSPS) is 9.90. The first-order chi connectivity index (χ1) is 10.2. The Morgan fingerprint density at radius 3 is 1.57 bits per heavy atom. The van der Waals surface area contributed by atoms with Crippen molar-refractivity contribution < 1.29 is 8.78 Å². The molecule has 104 valence electrons. The lowest BCUT2D eigenvalue weighted by Crippen LogP contribution is -1.92. The van der Waals surface area contributed by atoms with Gasteiger partial charge in [-0.2, -0.15) is 0 Å². The van der Waals surface area contributed by atoms with Crippen LogP contribution in [0.5, 0.6) is 0 Å². The molecular weight excluding hydrogens is 286 g/mol. The summed E-state index contributed by atoms with van der Waals surface area (Å²) in [4.78, 5) is 1.47. The molecule has 0 nitrogen and oxygen atoms in total. The summed E-state index contributed by atoms with van der Waals surface area (Å²) in [5.74, 6) is 5.03. The SMILES string of the molecule is C#Cc1c(CF)cccc1Sc1cccc(CF)c1C#C. The van der Waals surface area contributed by atoms with E-state index in [9.17, 15) is 8.78 Å². The van der Waals surface area contributed by atoms with Crippen molar-refractivity contribution in [2.45, 2.75) is 23.1 Å². The molecule has 2 aromatic rings. The molecule has 21 heavy (non-hydrogen) atoms. The molecule has 0 heterocycles. The Bertz CT molecular complexity index is 672. The summed E-state index contributed by atoms with van der Waals surface area (Å²) in [6.07, 6.45) is 11.0. The number of hydrogen-bond donors (Lipinski definition) is 0. The van der Waals surface area contributed by atoms with Gasteiger partial charge in [-0.15, -0.1) is 12.8 Å². The first-order valence-electron chi connectivity index (χ1n) is 6.22. The molecule has 0 saturated heterocycles. The quantitative estimate of drug-likeness (QED) is 0.735. The average molecular weight is 298 g/mol. The summed E-state index contributed by atoms with van der Waals surface area (Å²) in [6, 6.07) is 10.4. The maximum Gasteiger partial charge on any atom is 0.116 e. The highest BCUT2D eigenvalue weighted by Gasteiger charge is 2.11. The molecule has 0 atom stereocenters. The Labute approximate surface area is 127 Å². The van der Waals surface area contributed by atoms with Crippen molar-refractivity contribution in [1.82, 2.24) is 0 Å². The molecule has 0 amide bonds. The Hall–Kier alpha value is -2.23. The van der Waals surface area contributed by atoms with Gasteiger partial charge in [0.05, 0.1) is 0 Å². The standard InChI is InChI=1S/C18H12F2S/c1-3-15-13(11-19)7-5-9-17(15)21-18-10-6-8-14(12-20)16(18)4-2/h1-2,5-10H,11-12H2. The Morgan fingerprint density at radius 1 is 0.810 bits per heavy atom. The summed E-state index contributed by atoms with van der Waals surface area (Å²) < 4.78 is 25.9. The molecule has 0 bridgehead atoms. The molecule has 0 aromatic heterocycles. The van der Waals surface area contributed by atoms with E-state index in [1.54, 1.807) is 36.4 Å². The number of rotatable bonds is 4. The van der Waals surface area contributed by atoms with Crippen LogP contribution in [0.25, 0.3) is 0 Å². The minimum atomic E-state index is -0.625. The minimum Gasteiger partial charge on any atom is -0.246 e. The van der Waals surface area contributed by atoms with Crippen molar-refractivity contribution in [1.29, 1.82) is 0 Å². The van der Waals surface area contributed by atoms with E-state index in [1.165, 1.54) is 11.8 Å². The third-order valence-corrected chi connectivity index (χ3v) is 4.14. The predicted molar refractivity (Wildman–Crippen MR) is 82.5 cm³/mol. The van der Waals surface area contributed by atoms with Crippen LogP contribution in [0.3, 0.4) is 0 Å². The van der Waals surface area contributed by atoms with Gasteiger partial charge in [-0.1, -0.05) is 47.9 Å². The number of halogens is 2. The topological polar surface area (TPSA) is 0 Å². The van der Waals surface area contributed by atoms with E-state index in [2.05, 4.69) is 11.8 Å². The van der Waals surface area contributed by atoms with Gasteiger partial charge < -0.3 is 0 Å². The zero-order valence-corrected chi connectivity index (χ0v) is 12.0. The van der Waals surface area contributed by atoms with Crippen LogP contribution in [0.1, 0.15) is 22.3 Å². The maximum absolute atomic E-state index is 13.0. The molecule has 0 unspecified atom stereocenters. The highest BCUT2D eigenvalue weighted by molar-refractivity contribution is 7.99. The zero-order valence-electron chi connectivity index (χ0n) is 11.2. The molecule has 2 rings (SSSR count). The molecule has 0 fully saturated rings. The van der Waals surface area contributed by atoms with Gasteiger partial charge in [-0.05, 0) is 23.3 Å². The van der Waals surface area contributed by atoms with Gasteiger partial charge in [0.25, 0.3) is 0 Å². The first-order valence-corrected chi connectivity index (χ1v) is 7.03. The van der Waals surface area contributed by atoms with Gasteiger partial charge in [-0.3, -0.25) is 0 Å². The second kappa shape index (κ2) is 6.97. The van der Waals surface area contributed by atoms with Crippen molar-refractivity contribution in [2.24, 2.45) is 0 Å². The monoisotopic (exact) mass is 298 g/mol. The van der Waals surface area contributed by atoms with Crippen LogP contribution in [0.15, 0.2) is 46.2 Å². The summed E-state index contributed by atoms with van der Waals surface area (Å²) in [5.41, 5.74) is 1.95. The predicted octanol–water partition coefficient (Wildman–Crippen LogP) is 4.74. The second-order valence-corrected chi connectivity index (χ2v) is 5.32. The molecule has 2 aromatic carbocycles. The van der Waals surface area contributed by atoms with E-state index in [4.69, 9.17) is 12.8 Å². The van der Waals surface area contributed by atoms with Crippen LogP contribution < -0.4 is 0 Å². The minimum absolute atomic E-state index is 0.464. The lowest BCUT2D eigenvalue weighted by atomic mass is 10.1. The summed E-state index contributed by atoms with van der Waals surface area (Å²) in [6.45, 7) is -1.25. The average Bonchev–Trinajstić information content (AvgIpc) is 2.54. The molecular formula is C18H12F2S. The fourth-order valence-electron chi connectivity index (χ4n) is 1.99. The van der Waals surface area contributed by atoms with Crippen LogP contribution in [0.2, 0.25) is 0 Å². The van der Waals surface area contributed by atoms with Crippen LogP contribution >= 0.6 is 11.8 Å². The van der Waals surface area contributed by atoms with E-state index < -0.39 is 13.3 Å². The summed E-state index contributed by atoms with van der Waals surface area (Å²) >= 11 is 1.33. The van der Waals surface area contributed by atoms with E-state index in [1.807, 2.05) is 0 Å². The number of hydrogen-bond acceptors (Lipinski definition) is 1. The van der Waals surface area contributed by atoms with Gasteiger partial charge in [0.2, 0.25) is 0 Å². The molecule has 0 N–H and O–H groups in total. The second-order valence-electron chi connectivity index (χ2n) is 4.24. The van der Waals surface area contributed by atoms with Crippen LogP contribution in [-0.4, -0.2) is 0 Å². The first kappa shape index (κ1) is 15.2. The van der Waals surface area contributed by atoms with Crippen molar-refractivity contribution in [2.75, 3.05) is 0 Å². The summed E-state index contributed by atoms with van der Waals surface area (Å²) in [7, 11) is 0.